The Hall–Kier alpha value is -3.75. The van der Waals surface area contributed by atoms with E-state index in [1.807, 2.05) is 12.1 Å². The van der Waals surface area contributed by atoms with Crippen LogP contribution in [0.15, 0.2) is 30.5 Å². The fourth-order valence-electron chi connectivity index (χ4n) is 4.24. The summed E-state index contributed by atoms with van der Waals surface area (Å²) in [5.74, 6) is -2.45. The fourth-order valence-corrected chi connectivity index (χ4v) is 4.24. The predicted octanol–water partition coefficient (Wildman–Crippen LogP) is 2.83. The number of amides is 1. The Labute approximate surface area is 200 Å². The Morgan fingerprint density at radius 3 is 2.42 bits per heavy atom. The molecule has 1 amide bonds. The Balaban J connectivity index is 0.000000384. The van der Waals surface area contributed by atoms with E-state index in [9.17, 15) is 26.7 Å². The van der Waals surface area contributed by atoms with Crippen LogP contribution in [0.3, 0.4) is 0 Å². The number of nitrogens with one attached hydrogen (secondary N) is 2. The molecule has 0 saturated carbocycles. The summed E-state index contributed by atoms with van der Waals surface area (Å²) in [6, 6.07) is 8.17. The maximum absolute atomic E-state index is 13.2. The van der Waals surface area contributed by atoms with E-state index >= 15 is 0 Å². The Bertz CT molecular complexity index is 1260. The number of halogens is 5. The molecule has 2 atom stereocenters. The molecule has 3 aromatic rings. The maximum atomic E-state index is 13.2. The van der Waals surface area contributed by atoms with Gasteiger partial charge >= 0.3 is 12.1 Å². The lowest BCUT2D eigenvalue weighted by Gasteiger charge is -2.46. The molecule has 10 nitrogen and oxygen atoms in total. The van der Waals surface area contributed by atoms with Crippen LogP contribution in [0, 0.1) is 0 Å². The molecule has 0 aliphatic carbocycles. The molecule has 3 N–H and O–H groups in total. The number of aryl methyl sites for hydroxylation is 1. The number of piperazine rings is 1. The first-order valence-electron chi connectivity index (χ1n) is 10.9. The van der Waals surface area contributed by atoms with E-state index in [2.05, 4.69) is 25.7 Å². The van der Waals surface area contributed by atoms with E-state index in [-0.39, 0.29) is 11.4 Å². The van der Waals surface area contributed by atoms with Crippen molar-refractivity contribution in [2.45, 2.75) is 37.5 Å². The highest BCUT2D eigenvalue weighted by Crippen LogP contribution is 2.28. The Morgan fingerprint density at radius 1 is 1.17 bits per heavy atom. The molecule has 6 heterocycles. The van der Waals surface area contributed by atoms with Crippen molar-refractivity contribution < 1.29 is 36.6 Å². The van der Waals surface area contributed by atoms with Crippen LogP contribution in [0.2, 0.25) is 0 Å². The minimum Gasteiger partial charge on any atom is -0.475 e. The monoisotopic (exact) mass is 515 g/mol. The van der Waals surface area contributed by atoms with Crippen LogP contribution in [0.5, 0.6) is 0 Å². The van der Waals surface area contributed by atoms with Crippen molar-refractivity contribution in [1.82, 2.24) is 24.7 Å². The van der Waals surface area contributed by atoms with Crippen LogP contribution in [0.25, 0.3) is 5.52 Å². The molecule has 3 fully saturated rings. The number of hydrogen-bond donors (Lipinski definition) is 3. The zero-order valence-electron chi connectivity index (χ0n) is 18.8. The number of fused-ring (bicyclic) bond motifs is 4. The number of carboxylic acids is 1. The number of nitrogens with zero attached hydrogens (tertiary/aromatic N) is 5. The third-order valence-corrected chi connectivity index (χ3v) is 5.92. The van der Waals surface area contributed by atoms with Crippen molar-refractivity contribution in [3.63, 3.8) is 0 Å². The molecule has 3 saturated heterocycles. The number of rotatable bonds is 4. The summed E-state index contributed by atoms with van der Waals surface area (Å²) in [4.78, 5) is 24.0. The first kappa shape index (κ1) is 25.3. The molecule has 6 rings (SSSR count). The maximum Gasteiger partial charge on any atom is 0.490 e. The average molecular weight is 515 g/mol. The van der Waals surface area contributed by atoms with Gasteiger partial charge in [0, 0.05) is 38.4 Å². The molecular formula is C21H22F5N7O3. The number of aliphatic carboxylic acids is 1. The van der Waals surface area contributed by atoms with Crippen molar-refractivity contribution in [2.24, 2.45) is 7.05 Å². The molecule has 15 heteroatoms. The molecule has 0 unspecified atom stereocenters. The summed E-state index contributed by atoms with van der Waals surface area (Å²) in [7, 11) is 1.53. The third-order valence-electron chi connectivity index (χ3n) is 5.92. The lowest BCUT2D eigenvalue weighted by Crippen LogP contribution is -2.61. The summed E-state index contributed by atoms with van der Waals surface area (Å²) in [6.45, 7) is 1.82. The van der Waals surface area contributed by atoms with Crippen LogP contribution < -0.4 is 15.5 Å². The number of carbonyl (C=O) groups excluding carboxylic acids is 1. The number of alkyl halides is 5. The van der Waals surface area contributed by atoms with E-state index in [1.54, 1.807) is 16.6 Å². The van der Waals surface area contributed by atoms with Crippen LogP contribution >= 0.6 is 0 Å². The molecule has 0 radical (unpaired) electrons. The van der Waals surface area contributed by atoms with Gasteiger partial charge in [0.15, 0.2) is 5.69 Å². The number of hydrogen-bond acceptors (Lipinski definition) is 6. The van der Waals surface area contributed by atoms with Gasteiger partial charge in [-0.3, -0.25) is 9.48 Å². The second kappa shape index (κ2) is 9.72. The molecule has 3 aromatic heterocycles. The second-order valence-corrected chi connectivity index (χ2v) is 8.39. The molecule has 3 aliphatic rings. The summed E-state index contributed by atoms with van der Waals surface area (Å²) < 4.78 is 60.9. The number of piperidine rings is 2. The minimum absolute atomic E-state index is 0.00183. The van der Waals surface area contributed by atoms with Crippen molar-refractivity contribution in [1.29, 1.82) is 0 Å². The standard InChI is InChI=1S/C19H21F2N7O.C2HF3O2/c1-26-10-14(17(25-26)18(20)21)23-19(29)15-6-4-12-5-7-16(24-28(12)15)27-9-11-2-3-13(27)8-22-11;3-2(4,5)1(6)7/h4-7,10-11,13,18,22H,2-3,8-9H2,1H3,(H,23,29);(H,6,7)/t11-,13-;/m1./s1. The van der Waals surface area contributed by atoms with Crippen LogP contribution in [0.4, 0.5) is 33.5 Å². The van der Waals surface area contributed by atoms with Crippen LogP contribution in [-0.4, -0.2) is 67.7 Å². The van der Waals surface area contributed by atoms with Crippen molar-refractivity contribution >= 4 is 28.9 Å². The van der Waals surface area contributed by atoms with Gasteiger partial charge < -0.3 is 20.6 Å². The first-order valence-corrected chi connectivity index (χ1v) is 10.9. The van der Waals surface area contributed by atoms with Gasteiger partial charge in [-0.15, -0.1) is 5.10 Å². The topological polar surface area (TPSA) is 117 Å². The Morgan fingerprint density at radius 2 is 1.86 bits per heavy atom. The number of carbonyl (C=O) groups is 2. The lowest BCUT2D eigenvalue weighted by molar-refractivity contribution is -0.192. The van der Waals surface area contributed by atoms with E-state index in [4.69, 9.17) is 9.90 Å². The SMILES string of the molecule is Cn1cc(NC(=O)c2ccc3ccc(N4C[C@H]5CC[C@@H]4CN5)nn23)c(C(F)F)n1.O=C(O)C(F)(F)F. The molecular weight excluding hydrogens is 493 g/mol. The zero-order chi connectivity index (χ0) is 26.2. The Kier molecular flexibility index (Phi) is 6.84. The van der Waals surface area contributed by atoms with Gasteiger partial charge in [-0.25, -0.2) is 18.1 Å². The molecule has 0 aromatic carbocycles. The van der Waals surface area contributed by atoms with Gasteiger partial charge in [-0.1, -0.05) is 0 Å². The molecule has 2 bridgehead atoms. The summed E-state index contributed by atoms with van der Waals surface area (Å²) in [5, 5.41) is 21.6. The lowest BCUT2D eigenvalue weighted by atomic mass is 9.93. The zero-order valence-corrected chi connectivity index (χ0v) is 18.8. The third kappa shape index (κ3) is 5.24. The molecule has 0 spiro atoms. The average Bonchev–Trinajstić information content (AvgIpc) is 3.42. The molecule has 36 heavy (non-hydrogen) atoms. The van der Waals surface area contributed by atoms with E-state index in [0.717, 1.165) is 37.3 Å². The molecule has 3 aliphatic heterocycles. The largest absolute Gasteiger partial charge is 0.490 e. The summed E-state index contributed by atoms with van der Waals surface area (Å²) >= 11 is 0. The molecule has 194 valence electrons. The normalized spacial score (nSPS) is 19.4. The van der Waals surface area contributed by atoms with Gasteiger partial charge in [-0.2, -0.15) is 18.3 Å². The van der Waals surface area contributed by atoms with Gasteiger partial charge in [0.05, 0.1) is 11.2 Å². The number of carboxylic acid groups (broad SMARTS) is 1. The fraction of sp³-hybridized carbons (Fsp3) is 0.429. The minimum atomic E-state index is -5.08. The highest BCUT2D eigenvalue weighted by atomic mass is 19.4. The van der Waals surface area contributed by atoms with Gasteiger partial charge in [0.25, 0.3) is 12.3 Å². The van der Waals surface area contributed by atoms with E-state index in [0.29, 0.717) is 12.1 Å². The van der Waals surface area contributed by atoms with Gasteiger partial charge in [0.1, 0.15) is 11.5 Å². The highest BCUT2D eigenvalue weighted by molar-refractivity contribution is 6.04. The van der Waals surface area contributed by atoms with Gasteiger partial charge in [-0.05, 0) is 37.1 Å². The highest BCUT2D eigenvalue weighted by Gasteiger charge is 2.38. The second-order valence-electron chi connectivity index (χ2n) is 8.39. The van der Waals surface area contributed by atoms with Crippen molar-refractivity contribution in [3.05, 3.63) is 41.9 Å². The van der Waals surface area contributed by atoms with Gasteiger partial charge in [0.2, 0.25) is 0 Å². The number of aromatic nitrogens is 4. The summed E-state index contributed by atoms with van der Waals surface area (Å²) in [5.41, 5.74) is 0.593. The smallest absolute Gasteiger partial charge is 0.475 e. The predicted molar refractivity (Wildman–Crippen MR) is 117 cm³/mol. The quantitative estimate of drug-likeness (QED) is 0.458. The van der Waals surface area contributed by atoms with Crippen LogP contribution in [-0.2, 0) is 11.8 Å². The van der Waals surface area contributed by atoms with Crippen molar-refractivity contribution in [3.8, 4) is 0 Å². The summed E-state index contributed by atoms with van der Waals surface area (Å²) in [6.07, 6.45) is -4.21. The number of anilines is 2. The van der Waals surface area contributed by atoms with E-state index < -0.39 is 30.2 Å². The van der Waals surface area contributed by atoms with Crippen LogP contribution in [0.1, 0.15) is 35.4 Å². The van der Waals surface area contributed by atoms with E-state index in [1.165, 1.54) is 17.9 Å². The first-order chi connectivity index (χ1) is 16.9. The van der Waals surface area contributed by atoms with Crippen molar-refractivity contribution in [2.75, 3.05) is 23.3 Å².